The van der Waals surface area contributed by atoms with Crippen molar-refractivity contribution in [1.29, 1.82) is 0 Å². The van der Waals surface area contributed by atoms with Crippen LogP contribution in [0.3, 0.4) is 0 Å². The highest BCUT2D eigenvalue weighted by Gasteiger charge is 2.42. The summed E-state index contributed by atoms with van der Waals surface area (Å²) < 4.78 is 0. The van der Waals surface area contributed by atoms with Crippen LogP contribution in [-0.4, -0.2) is 54.6 Å². The number of fused-ring (bicyclic) bond motifs is 1. The van der Waals surface area contributed by atoms with E-state index in [0.29, 0.717) is 6.04 Å². The Labute approximate surface area is 105 Å². The van der Waals surface area contributed by atoms with E-state index < -0.39 is 0 Å². The first kappa shape index (κ1) is 11.9. The number of hydrogen-bond acceptors (Lipinski definition) is 3. The van der Waals surface area contributed by atoms with Crippen LogP contribution in [0.2, 0.25) is 0 Å². The highest BCUT2D eigenvalue weighted by atomic mass is 15.3. The van der Waals surface area contributed by atoms with Gasteiger partial charge in [-0.2, -0.15) is 0 Å². The van der Waals surface area contributed by atoms with Gasteiger partial charge >= 0.3 is 0 Å². The van der Waals surface area contributed by atoms with Gasteiger partial charge < -0.3 is 5.73 Å². The Morgan fingerprint density at radius 1 is 1.18 bits per heavy atom. The van der Waals surface area contributed by atoms with Crippen LogP contribution in [0.25, 0.3) is 0 Å². The maximum Gasteiger partial charge on any atom is 0.0264 e. The third kappa shape index (κ3) is 2.25. The molecule has 0 aromatic heterocycles. The molecule has 0 aromatic carbocycles. The lowest BCUT2D eigenvalue weighted by atomic mass is 9.96. The smallest absolute Gasteiger partial charge is 0.0264 e. The summed E-state index contributed by atoms with van der Waals surface area (Å²) >= 11 is 0. The van der Waals surface area contributed by atoms with Crippen molar-refractivity contribution in [2.75, 3.05) is 26.7 Å². The number of rotatable bonds is 4. The minimum atomic E-state index is 0.655. The van der Waals surface area contributed by atoms with E-state index in [-0.39, 0.29) is 0 Å². The fourth-order valence-electron chi connectivity index (χ4n) is 4.11. The Balaban J connectivity index is 1.66. The minimum Gasteiger partial charge on any atom is -0.329 e. The molecule has 0 amide bonds. The zero-order valence-corrected chi connectivity index (χ0v) is 11.1. The molecule has 2 saturated heterocycles. The number of likely N-dealkylation sites (N-methyl/N-ethyl adjacent to an activating group) is 1. The maximum atomic E-state index is 5.99. The second-order valence-corrected chi connectivity index (χ2v) is 6.26. The highest BCUT2D eigenvalue weighted by Crippen LogP contribution is 2.38. The Kier molecular flexibility index (Phi) is 3.42. The molecule has 3 rings (SSSR count). The van der Waals surface area contributed by atoms with Gasteiger partial charge in [-0.25, -0.2) is 0 Å². The van der Waals surface area contributed by atoms with Crippen molar-refractivity contribution in [3.05, 3.63) is 0 Å². The summed E-state index contributed by atoms with van der Waals surface area (Å²) in [5.41, 5.74) is 5.99. The standard InChI is InChI=1S/C14H27N3/c1-16(14(10-15)11-5-6-11)12-7-9-17-8-3-2-4-13(12)17/h11-14H,2-10,15H2,1H3. The summed E-state index contributed by atoms with van der Waals surface area (Å²) in [7, 11) is 2.33. The molecule has 3 heteroatoms. The van der Waals surface area contributed by atoms with Gasteiger partial charge in [-0.05, 0) is 51.6 Å². The SMILES string of the molecule is CN(C(CN)C1CC1)C1CCN2CCCCC12. The predicted octanol–water partition coefficient (Wildman–Crippen LogP) is 1.28. The minimum absolute atomic E-state index is 0.655. The fourth-order valence-corrected chi connectivity index (χ4v) is 4.11. The molecule has 1 saturated carbocycles. The number of nitrogens with zero attached hydrogens (tertiary/aromatic N) is 2. The lowest BCUT2D eigenvalue weighted by Gasteiger charge is -2.39. The topological polar surface area (TPSA) is 32.5 Å². The zero-order valence-electron chi connectivity index (χ0n) is 11.1. The van der Waals surface area contributed by atoms with Gasteiger partial charge in [0, 0.05) is 31.2 Å². The molecule has 1 aliphatic carbocycles. The Morgan fingerprint density at radius 3 is 2.71 bits per heavy atom. The van der Waals surface area contributed by atoms with Crippen molar-refractivity contribution >= 4 is 0 Å². The summed E-state index contributed by atoms with van der Waals surface area (Å²) in [6.07, 6.45) is 8.44. The van der Waals surface area contributed by atoms with Crippen LogP contribution in [-0.2, 0) is 0 Å². The van der Waals surface area contributed by atoms with Crippen molar-refractivity contribution < 1.29 is 0 Å². The van der Waals surface area contributed by atoms with E-state index in [1.54, 1.807) is 0 Å². The van der Waals surface area contributed by atoms with Crippen molar-refractivity contribution in [2.24, 2.45) is 11.7 Å². The molecule has 3 nitrogen and oxygen atoms in total. The molecule has 0 aromatic rings. The molecule has 0 spiro atoms. The van der Waals surface area contributed by atoms with Crippen molar-refractivity contribution in [1.82, 2.24) is 9.80 Å². The van der Waals surface area contributed by atoms with Gasteiger partial charge in [-0.15, -0.1) is 0 Å². The van der Waals surface area contributed by atoms with Crippen LogP contribution < -0.4 is 5.73 Å². The maximum absolute atomic E-state index is 5.99. The average Bonchev–Trinajstić information content (AvgIpc) is 3.09. The van der Waals surface area contributed by atoms with E-state index in [1.165, 1.54) is 51.6 Å². The van der Waals surface area contributed by atoms with Crippen molar-refractivity contribution in [3.63, 3.8) is 0 Å². The van der Waals surface area contributed by atoms with Crippen LogP contribution in [0.5, 0.6) is 0 Å². The predicted molar refractivity (Wildman–Crippen MR) is 70.9 cm³/mol. The van der Waals surface area contributed by atoms with Crippen LogP contribution in [0, 0.1) is 5.92 Å². The van der Waals surface area contributed by atoms with E-state index in [2.05, 4.69) is 16.8 Å². The van der Waals surface area contributed by atoms with Gasteiger partial charge in [-0.1, -0.05) is 6.42 Å². The largest absolute Gasteiger partial charge is 0.329 e. The molecule has 17 heavy (non-hydrogen) atoms. The molecule has 3 unspecified atom stereocenters. The second kappa shape index (κ2) is 4.87. The molecular formula is C14H27N3. The van der Waals surface area contributed by atoms with E-state index in [4.69, 9.17) is 5.73 Å². The molecule has 98 valence electrons. The van der Waals surface area contributed by atoms with Gasteiger partial charge in [0.1, 0.15) is 0 Å². The third-order valence-electron chi connectivity index (χ3n) is 5.27. The molecule has 2 N–H and O–H groups in total. The summed E-state index contributed by atoms with van der Waals surface area (Å²) in [5, 5.41) is 0. The van der Waals surface area contributed by atoms with Crippen LogP contribution in [0.15, 0.2) is 0 Å². The van der Waals surface area contributed by atoms with Crippen molar-refractivity contribution in [3.8, 4) is 0 Å². The quantitative estimate of drug-likeness (QED) is 0.799. The van der Waals surface area contributed by atoms with Gasteiger partial charge in [-0.3, -0.25) is 9.80 Å². The Hall–Kier alpha value is -0.120. The zero-order chi connectivity index (χ0) is 11.8. The van der Waals surface area contributed by atoms with E-state index >= 15 is 0 Å². The molecule has 3 fully saturated rings. The molecule has 3 aliphatic rings. The average molecular weight is 237 g/mol. The van der Waals surface area contributed by atoms with E-state index in [0.717, 1.165) is 24.5 Å². The number of nitrogens with two attached hydrogens (primary N) is 1. The Morgan fingerprint density at radius 2 is 2.00 bits per heavy atom. The number of hydrogen-bond donors (Lipinski definition) is 1. The number of piperidine rings is 1. The third-order valence-corrected chi connectivity index (χ3v) is 5.27. The molecule has 0 radical (unpaired) electrons. The molecule has 0 bridgehead atoms. The van der Waals surface area contributed by atoms with Crippen molar-refractivity contribution in [2.45, 2.75) is 56.7 Å². The Bertz CT molecular complexity index is 264. The molecule has 2 aliphatic heterocycles. The van der Waals surface area contributed by atoms with Gasteiger partial charge in [0.05, 0.1) is 0 Å². The molecule has 3 atom stereocenters. The van der Waals surface area contributed by atoms with Crippen LogP contribution >= 0.6 is 0 Å². The van der Waals surface area contributed by atoms with Gasteiger partial charge in [0.15, 0.2) is 0 Å². The van der Waals surface area contributed by atoms with E-state index in [1.807, 2.05) is 0 Å². The fraction of sp³-hybridized carbons (Fsp3) is 1.00. The first-order chi connectivity index (χ1) is 8.31. The molecular weight excluding hydrogens is 210 g/mol. The first-order valence-electron chi connectivity index (χ1n) is 7.47. The molecule has 2 heterocycles. The lowest BCUT2D eigenvalue weighted by Crippen LogP contribution is -2.51. The summed E-state index contributed by atoms with van der Waals surface area (Å²) in [6, 6.07) is 2.27. The van der Waals surface area contributed by atoms with Gasteiger partial charge in [0.25, 0.3) is 0 Å². The van der Waals surface area contributed by atoms with Crippen LogP contribution in [0.1, 0.15) is 38.5 Å². The normalized spacial score (nSPS) is 36.2. The summed E-state index contributed by atoms with van der Waals surface area (Å²) in [4.78, 5) is 5.37. The second-order valence-electron chi connectivity index (χ2n) is 6.26. The monoisotopic (exact) mass is 237 g/mol. The summed E-state index contributed by atoms with van der Waals surface area (Å²) in [6.45, 7) is 3.51. The first-order valence-corrected chi connectivity index (χ1v) is 7.47. The lowest BCUT2D eigenvalue weighted by molar-refractivity contribution is 0.0970. The van der Waals surface area contributed by atoms with Crippen LogP contribution in [0.4, 0.5) is 0 Å². The highest BCUT2D eigenvalue weighted by molar-refractivity contribution is 4.98. The summed E-state index contributed by atoms with van der Waals surface area (Å²) in [5.74, 6) is 0.905. The van der Waals surface area contributed by atoms with E-state index in [9.17, 15) is 0 Å². The van der Waals surface area contributed by atoms with Gasteiger partial charge in [0.2, 0.25) is 0 Å².